The molecule has 0 aromatic rings. The summed E-state index contributed by atoms with van der Waals surface area (Å²) in [5, 5.41) is 0. The zero-order chi connectivity index (χ0) is 9.07. The zero-order valence-corrected chi connectivity index (χ0v) is 10.6. The molecule has 78 valence electrons. The molecular weight excluding hydrogens is 204 g/mol. The van der Waals surface area contributed by atoms with Gasteiger partial charge in [0.15, 0.2) is 0 Å². The summed E-state index contributed by atoms with van der Waals surface area (Å²) in [6.07, 6.45) is 20.0. The summed E-state index contributed by atoms with van der Waals surface area (Å²) in [4.78, 5) is 3.25. The Morgan fingerprint density at radius 3 is 1.29 bits per heavy atom. The minimum Gasteiger partial charge on any atom is -0.358 e. The van der Waals surface area contributed by atoms with Gasteiger partial charge in [0.2, 0.25) is 0 Å². The largest absolute Gasteiger partial charge is 0.358 e. The van der Waals surface area contributed by atoms with E-state index in [2.05, 4.69) is 29.1 Å². The predicted octanol–water partition coefficient (Wildman–Crippen LogP) is 3.48. The third kappa shape index (κ3) is 14.1. The van der Waals surface area contributed by atoms with Crippen molar-refractivity contribution in [2.75, 3.05) is 0 Å². The average Bonchev–Trinajstić information content (AvgIpc) is 2.87. The Kier molecular flexibility index (Phi) is 25.1. The first kappa shape index (κ1) is 19.2. The summed E-state index contributed by atoms with van der Waals surface area (Å²) in [7, 11) is 0. The molecule has 2 aliphatic carbocycles. The number of rotatable bonds is 0. The molecule has 1 heteroatoms. The van der Waals surface area contributed by atoms with Gasteiger partial charge in [0.25, 0.3) is 0 Å². The van der Waals surface area contributed by atoms with Gasteiger partial charge in [-0.2, -0.15) is 12.2 Å². The van der Waals surface area contributed by atoms with Crippen LogP contribution in [0, 0.1) is 27.0 Å². The molecule has 0 atom stereocenters. The van der Waals surface area contributed by atoms with Crippen molar-refractivity contribution < 1.29 is 20.0 Å². The molecule has 0 N–H and O–H groups in total. The first-order valence-electron chi connectivity index (χ1n) is 3.79. The average molecular weight is 222 g/mol. The summed E-state index contributed by atoms with van der Waals surface area (Å²) in [5.74, 6) is 0. The molecule has 0 aromatic heterocycles. The van der Waals surface area contributed by atoms with E-state index < -0.39 is 0 Å². The Labute approximate surface area is 101 Å². The van der Waals surface area contributed by atoms with E-state index in [0.29, 0.717) is 0 Å². The molecule has 2 rings (SSSR count). The maximum Gasteiger partial charge on any atom is -0.358 e. The molecule has 0 saturated heterocycles. The molecule has 2 aliphatic rings. The van der Waals surface area contributed by atoms with Gasteiger partial charge in [-0.05, 0) is 0 Å². The van der Waals surface area contributed by atoms with Crippen molar-refractivity contribution >= 4 is 4.82 Å². The van der Waals surface area contributed by atoms with Crippen LogP contribution in [0.15, 0.2) is 36.5 Å². The second kappa shape index (κ2) is 18.4. The molecule has 0 radical (unpaired) electrons. The van der Waals surface area contributed by atoms with Gasteiger partial charge >= 0.3 is 24.8 Å². The maximum absolute atomic E-state index is 3.25. The van der Waals surface area contributed by atoms with E-state index in [-0.39, 0.29) is 14.9 Å². The fraction of sp³-hybridized carbons (Fsp3) is 0.154. The molecule has 0 aromatic carbocycles. The third-order valence-electron chi connectivity index (χ3n) is 1.17. The molecule has 0 unspecified atom stereocenters. The summed E-state index contributed by atoms with van der Waals surface area (Å²) in [5.41, 5.74) is 0. The standard InChI is InChI=1S/2C5H5.2CH3.CH2.Ti/c2*1-2-4-5-3-1;;;;/h2*1-3H,4H2;2*1H3;1H2;/q4*-1;;. The first-order valence-corrected chi connectivity index (χ1v) is 4.89. The van der Waals surface area contributed by atoms with Gasteiger partial charge in [-0.3, -0.25) is 12.2 Å². The summed E-state index contributed by atoms with van der Waals surface area (Å²) < 4.78 is 0. The maximum atomic E-state index is 3.25. The molecule has 0 spiro atoms. The van der Waals surface area contributed by atoms with Crippen LogP contribution in [0.3, 0.4) is 0 Å². The smallest absolute Gasteiger partial charge is 0.358 e. The minimum atomic E-state index is 0. The normalized spacial score (nSPS) is 12.8. The van der Waals surface area contributed by atoms with Crippen LogP contribution in [0.5, 0.6) is 0 Å². The van der Waals surface area contributed by atoms with Crippen LogP contribution in [-0.2, 0) is 20.0 Å². The Bertz CT molecular complexity index is 155. The van der Waals surface area contributed by atoms with Gasteiger partial charge < -0.3 is 14.9 Å². The van der Waals surface area contributed by atoms with E-state index in [1.165, 1.54) is 0 Å². The van der Waals surface area contributed by atoms with Crippen LogP contribution in [0.25, 0.3) is 0 Å². The van der Waals surface area contributed by atoms with Crippen LogP contribution in [0.4, 0.5) is 0 Å². The van der Waals surface area contributed by atoms with Crippen molar-refractivity contribution in [2.45, 2.75) is 12.8 Å². The quantitative estimate of drug-likeness (QED) is 0.434. The molecule has 0 heterocycles. The topological polar surface area (TPSA) is 0 Å². The molecular formula is C13H18Ti-4. The van der Waals surface area contributed by atoms with E-state index in [9.17, 15) is 0 Å². The summed E-state index contributed by atoms with van der Waals surface area (Å²) in [6, 6.07) is 0. The van der Waals surface area contributed by atoms with E-state index in [1.54, 1.807) is 20.0 Å². The van der Waals surface area contributed by atoms with Crippen molar-refractivity contribution in [1.82, 2.24) is 0 Å². The fourth-order valence-electron chi connectivity index (χ4n) is 0.680. The van der Waals surface area contributed by atoms with Gasteiger partial charge in [-0.15, -0.1) is 12.8 Å². The van der Waals surface area contributed by atoms with Gasteiger partial charge in [-0.1, -0.05) is 0 Å². The molecule has 0 nitrogen and oxygen atoms in total. The van der Waals surface area contributed by atoms with Crippen molar-refractivity contribution in [3.63, 3.8) is 0 Å². The van der Waals surface area contributed by atoms with Crippen molar-refractivity contribution in [3.05, 3.63) is 63.5 Å². The second-order valence-electron chi connectivity index (χ2n) is 2.01. The monoisotopic (exact) mass is 222 g/mol. The van der Waals surface area contributed by atoms with E-state index >= 15 is 0 Å². The SMILES string of the molecule is [C-]1=CC=CC1.[C-]1=CC=CC1.[CH2]=[Ti].[CH3-].[CH3-]. The van der Waals surface area contributed by atoms with Crippen molar-refractivity contribution in [2.24, 2.45) is 0 Å². The van der Waals surface area contributed by atoms with Crippen LogP contribution < -0.4 is 0 Å². The van der Waals surface area contributed by atoms with Crippen LogP contribution in [-0.4, -0.2) is 4.82 Å². The number of allylic oxidation sites excluding steroid dienone is 8. The predicted molar refractivity (Wildman–Crippen MR) is 63.1 cm³/mol. The molecule has 0 saturated carbocycles. The Morgan fingerprint density at radius 2 is 1.21 bits per heavy atom. The Morgan fingerprint density at radius 1 is 0.857 bits per heavy atom. The van der Waals surface area contributed by atoms with E-state index in [4.69, 9.17) is 0 Å². The number of hydrogen-bond acceptors (Lipinski definition) is 0. The van der Waals surface area contributed by atoms with Crippen LogP contribution in [0.2, 0.25) is 0 Å². The zero-order valence-electron chi connectivity index (χ0n) is 9.09. The second-order valence-corrected chi connectivity index (χ2v) is 2.01. The van der Waals surface area contributed by atoms with Gasteiger partial charge in [-0.25, -0.2) is 24.3 Å². The molecule has 0 bridgehead atoms. The Balaban J connectivity index is -0.000000131. The van der Waals surface area contributed by atoms with Crippen LogP contribution >= 0.6 is 0 Å². The van der Waals surface area contributed by atoms with Gasteiger partial charge in [0.1, 0.15) is 0 Å². The Hall–Kier alpha value is -0.456. The van der Waals surface area contributed by atoms with E-state index in [0.717, 1.165) is 12.8 Å². The van der Waals surface area contributed by atoms with Crippen LogP contribution in [0.1, 0.15) is 12.8 Å². The fourth-order valence-corrected chi connectivity index (χ4v) is 0.680. The number of hydrogen-bond donors (Lipinski definition) is 0. The van der Waals surface area contributed by atoms with Crippen molar-refractivity contribution in [1.29, 1.82) is 0 Å². The van der Waals surface area contributed by atoms with Gasteiger partial charge in [0, 0.05) is 0 Å². The van der Waals surface area contributed by atoms with E-state index in [1.807, 2.05) is 24.3 Å². The van der Waals surface area contributed by atoms with Crippen molar-refractivity contribution in [3.8, 4) is 0 Å². The summed E-state index contributed by atoms with van der Waals surface area (Å²) >= 11 is 1.75. The summed E-state index contributed by atoms with van der Waals surface area (Å²) in [6.45, 7) is 0. The van der Waals surface area contributed by atoms with Gasteiger partial charge in [0.05, 0.1) is 0 Å². The minimum absolute atomic E-state index is 0. The molecule has 0 fully saturated rings. The third-order valence-corrected chi connectivity index (χ3v) is 1.17. The molecule has 0 aliphatic heterocycles. The molecule has 14 heavy (non-hydrogen) atoms. The first-order chi connectivity index (χ1) is 6.00. The molecule has 0 amide bonds.